The molecule has 1 nitrogen and oxygen atoms in total. The third-order valence-electron chi connectivity index (χ3n) is 2.03. The van der Waals surface area contributed by atoms with Crippen molar-refractivity contribution in [2.24, 2.45) is 0 Å². The van der Waals surface area contributed by atoms with Gasteiger partial charge in [-0.05, 0) is 23.1 Å². The first kappa shape index (κ1) is 10.2. The zero-order valence-electron chi connectivity index (χ0n) is 8.72. The van der Waals surface area contributed by atoms with Crippen molar-refractivity contribution in [1.29, 1.82) is 0 Å². The van der Waals surface area contributed by atoms with Gasteiger partial charge >= 0.3 is 0 Å². The molecule has 1 aromatic rings. The van der Waals surface area contributed by atoms with Crippen LogP contribution in [0.2, 0.25) is 0 Å². The first-order valence-electron chi connectivity index (χ1n) is 4.38. The molecule has 0 spiro atoms. The summed E-state index contributed by atoms with van der Waals surface area (Å²) < 4.78 is 5.15. The highest BCUT2D eigenvalue weighted by atomic mass is 16.5. The first-order chi connectivity index (χ1) is 5.93. The van der Waals surface area contributed by atoms with Gasteiger partial charge in [-0.3, -0.25) is 0 Å². The zero-order chi connectivity index (χ0) is 10.1. The number of hydrogen-bond donors (Lipinski definition) is 0. The van der Waals surface area contributed by atoms with Crippen LogP contribution in [-0.2, 0) is 5.41 Å². The molecule has 1 aromatic carbocycles. The Morgan fingerprint density at radius 1 is 1.15 bits per heavy atom. The van der Waals surface area contributed by atoms with E-state index in [0.717, 1.165) is 11.2 Å². The van der Waals surface area contributed by atoms with E-state index in [1.54, 1.807) is 7.11 Å². The fourth-order valence-corrected chi connectivity index (χ4v) is 1.17. The molecule has 0 amide bonds. The normalized spacial score (nSPS) is 11.4. The number of methoxy groups -OCH3 is 1. The maximum Gasteiger partial charge on any atom is 0.118 e. The van der Waals surface area contributed by atoms with Gasteiger partial charge in [0.15, 0.2) is 0 Å². The van der Waals surface area contributed by atoms with Crippen molar-refractivity contribution < 1.29 is 4.74 Å². The van der Waals surface area contributed by atoms with E-state index < -0.39 is 0 Å². The second kappa shape index (κ2) is 3.45. The van der Waals surface area contributed by atoms with Gasteiger partial charge < -0.3 is 4.74 Å². The van der Waals surface area contributed by atoms with Crippen LogP contribution >= 0.6 is 0 Å². The molecule has 0 aromatic heterocycles. The number of ether oxygens (including phenoxy) is 1. The van der Waals surface area contributed by atoms with E-state index in [4.69, 9.17) is 12.6 Å². The van der Waals surface area contributed by atoms with Gasteiger partial charge in [-0.15, -0.1) is 0 Å². The third-order valence-corrected chi connectivity index (χ3v) is 2.03. The zero-order valence-corrected chi connectivity index (χ0v) is 8.72. The molecule has 0 saturated heterocycles. The van der Waals surface area contributed by atoms with Crippen LogP contribution in [0.25, 0.3) is 0 Å². The summed E-state index contributed by atoms with van der Waals surface area (Å²) in [4.78, 5) is 0. The van der Waals surface area contributed by atoms with Crippen molar-refractivity contribution in [3.8, 4) is 5.75 Å². The van der Waals surface area contributed by atoms with Crippen LogP contribution in [0.15, 0.2) is 18.2 Å². The second-order valence-corrected chi connectivity index (χ2v) is 4.24. The first-order valence-corrected chi connectivity index (χ1v) is 4.38. The predicted octanol–water partition coefficient (Wildman–Crippen LogP) is 1.79. The molecule has 2 radical (unpaired) electrons. The summed E-state index contributed by atoms with van der Waals surface area (Å²) in [7, 11) is 7.41. The highest BCUT2D eigenvalue weighted by molar-refractivity contribution is 6.32. The lowest BCUT2D eigenvalue weighted by Crippen LogP contribution is -2.15. The van der Waals surface area contributed by atoms with Gasteiger partial charge in [0, 0.05) is 0 Å². The maximum atomic E-state index is 5.75. The third kappa shape index (κ3) is 2.51. The molecule has 1 rings (SSSR count). The van der Waals surface area contributed by atoms with Gasteiger partial charge in [-0.2, -0.15) is 0 Å². The van der Waals surface area contributed by atoms with E-state index >= 15 is 0 Å². The Kier molecular flexibility index (Phi) is 2.70. The molecule has 0 aliphatic carbocycles. The maximum absolute atomic E-state index is 5.75. The largest absolute Gasteiger partial charge is 0.497 e. The Morgan fingerprint density at radius 2 is 1.77 bits per heavy atom. The molecule has 0 N–H and O–H groups in total. The van der Waals surface area contributed by atoms with E-state index in [2.05, 4.69) is 20.8 Å². The van der Waals surface area contributed by atoms with Gasteiger partial charge in [0.25, 0.3) is 0 Å². The minimum Gasteiger partial charge on any atom is -0.497 e. The summed E-state index contributed by atoms with van der Waals surface area (Å²) >= 11 is 0. The number of rotatable bonds is 1. The molecule has 0 bridgehead atoms. The topological polar surface area (TPSA) is 9.23 Å². The minimum atomic E-state index is 0.114. The van der Waals surface area contributed by atoms with Crippen molar-refractivity contribution in [3.05, 3.63) is 23.8 Å². The molecular formula is C11H15BO. The van der Waals surface area contributed by atoms with Crippen LogP contribution in [0.3, 0.4) is 0 Å². The fraction of sp³-hybridized carbons (Fsp3) is 0.455. The molecule has 0 unspecified atom stereocenters. The van der Waals surface area contributed by atoms with Crippen LogP contribution < -0.4 is 10.2 Å². The van der Waals surface area contributed by atoms with E-state index in [9.17, 15) is 0 Å². The molecule has 0 heterocycles. The molecule has 0 aliphatic heterocycles. The van der Waals surface area contributed by atoms with Crippen molar-refractivity contribution in [3.63, 3.8) is 0 Å². The van der Waals surface area contributed by atoms with Gasteiger partial charge in [0.2, 0.25) is 0 Å². The van der Waals surface area contributed by atoms with Crippen LogP contribution in [-0.4, -0.2) is 15.0 Å². The molecular weight excluding hydrogens is 159 g/mol. The van der Waals surface area contributed by atoms with E-state index in [0.29, 0.717) is 0 Å². The van der Waals surface area contributed by atoms with E-state index in [-0.39, 0.29) is 5.41 Å². The fourth-order valence-electron chi connectivity index (χ4n) is 1.17. The van der Waals surface area contributed by atoms with E-state index in [1.165, 1.54) is 5.56 Å². The molecule has 0 aliphatic rings. The summed E-state index contributed by atoms with van der Waals surface area (Å²) in [5.41, 5.74) is 2.07. The summed E-state index contributed by atoms with van der Waals surface area (Å²) in [6, 6.07) is 5.84. The van der Waals surface area contributed by atoms with Gasteiger partial charge in [0.05, 0.1) is 7.11 Å². The van der Waals surface area contributed by atoms with Crippen molar-refractivity contribution in [2.45, 2.75) is 26.2 Å². The van der Waals surface area contributed by atoms with Crippen LogP contribution in [0.4, 0.5) is 0 Å². The summed E-state index contributed by atoms with van der Waals surface area (Å²) in [6.45, 7) is 6.46. The standard InChI is InChI=1S/C11H15BO/c1-11(2,3)8-5-9(12)7-10(6-8)13-4/h5-7H,1-4H3. The monoisotopic (exact) mass is 174 g/mol. The Morgan fingerprint density at radius 3 is 2.23 bits per heavy atom. The Hall–Kier alpha value is -0.915. The van der Waals surface area contributed by atoms with Crippen LogP contribution in [0, 0.1) is 0 Å². The lowest BCUT2D eigenvalue weighted by atomic mass is 9.83. The number of benzene rings is 1. The summed E-state index contributed by atoms with van der Waals surface area (Å²) in [5, 5.41) is 0. The average Bonchev–Trinajstić information content (AvgIpc) is 2.01. The highest BCUT2D eigenvalue weighted by Crippen LogP contribution is 2.24. The summed E-state index contributed by atoms with van der Waals surface area (Å²) in [6.07, 6.45) is 0. The van der Waals surface area contributed by atoms with Crippen molar-refractivity contribution >= 4 is 13.3 Å². The molecule has 2 heteroatoms. The molecule has 0 saturated carbocycles. The van der Waals surface area contributed by atoms with Gasteiger partial charge in [-0.25, -0.2) is 0 Å². The van der Waals surface area contributed by atoms with Gasteiger partial charge in [-0.1, -0.05) is 32.3 Å². The Balaban J connectivity index is 3.16. The average molecular weight is 174 g/mol. The quantitative estimate of drug-likeness (QED) is 0.589. The molecule has 68 valence electrons. The number of hydrogen-bond acceptors (Lipinski definition) is 1. The SMILES string of the molecule is [B]c1cc(OC)cc(C(C)(C)C)c1. The van der Waals surface area contributed by atoms with Gasteiger partial charge in [0.1, 0.15) is 13.6 Å². The molecule has 0 atom stereocenters. The van der Waals surface area contributed by atoms with Crippen LogP contribution in [0.1, 0.15) is 26.3 Å². The lowest BCUT2D eigenvalue weighted by molar-refractivity contribution is 0.413. The predicted molar refractivity (Wildman–Crippen MR) is 57.1 cm³/mol. The van der Waals surface area contributed by atoms with Crippen LogP contribution in [0.5, 0.6) is 5.75 Å². The Bertz CT molecular complexity index is 299. The highest BCUT2D eigenvalue weighted by Gasteiger charge is 2.14. The summed E-state index contributed by atoms with van der Waals surface area (Å²) in [5.74, 6) is 0.824. The van der Waals surface area contributed by atoms with Crippen molar-refractivity contribution in [1.82, 2.24) is 0 Å². The van der Waals surface area contributed by atoms with E-state index in [1.807, 2.05) is 18.2 Å². The minimum absolute atomic E-state index is 0.114. The smallest absolute Gasteiger partial charge is 0.118 e. The molecule has 13 heavy (non-hydrogen) atoms. The molecule has 0 fully saturated rings. The Labute approximate surface area is 81.5 Å². The van der Waals surface area contributed by atoms with Crippen molar-refractivity contribution in [2.75, 3.05) is 7.11 Å². The second-order valence-electron chi connectivity index (χ2n) is 4.24. The lowest BCUT2D eigenvalue weighted by Gasteiger charge is -2.20.